The summed E-state index contributed by atoms with van der Waals surface area (Å²) in [6.45, 7) is 2.02. The van der Waals surface area contributed by atoms with Crippen LogP contribution in [0.3, 0.4) is 0 Å². The van der Waals surface area contributed by atoms with Gasteiger partial charge in [-0.25, -0.2) is 0 Å². The standard InChI is InChI=1S/C29H30N2O5/c1-20(8-6-7-17-32)29(35)25-18-24(36-2)15-16-26(25)31(28(29)34)19-21-11-13-23(14-12-21)30-27(33)22-9-4-3-5-10-22/h3-6,8-16,18,20,32,35H,7,17,19H2,1-2H3,(H,30,33)/b8-6+/t20-,29+/m0/s1. The molecule has 1 aliphatic rings. The van der Waals surface area contributed by atoms with E-state index < -0.39 is 17.4 Å². The number of ether oxygens (including phenoxy) is 1. The molecule has 0 saturated carbocycles. The van der Waals surface area contributed by atoms with Crippen LogP contribution in [0.15, 0.2) is 84.9 Å². The van der Waals surface area contributed by atoms with Gasteiger partial charge in [0.2, 0.25) is 0 Å². The first-order valence-electron chi connectivity index (χ1n) is 11.8. The molecule has 0 radical (unpaired) electrons. The number of anilines is 2. The average molecular weight is 487 g/mol. The zero-order valence-electron chi connectivity index (χ0n) is 20.3. The van der Waals surface area contributed by atoms with Gasteiger partial charge in [-0.15, -0.1) is 0 Å². The number of carbonyl (C=O) groups excluding carboxylic acids is 2. The van der Waals surface area contributed by atoms with Gasteiger partial charge < -0.3 is 25.2 Å². The Balaban J connectivity index is 1.57. The topological polar surface area (TPSA) is 99.1 Å². The van der Waals surface area contributed by atoms with Crippen molar-refractivity contribution in [3.8, 4) is 5.75 Å². The number of fused-ring (bicyclic) bond motifs is 1. The molecule has 1 aliphatic heterocycles. The van der Waals surface area contributed by atoms with Crippen molar-refractivity contribution in [1.29, 1.82) is 0 Å². The molecule has 0 spiro atoms. The number of amides is 2. The predicted molar refractivity (Wildman–Crippen MR) is 139 cm³/mol. The van der Waals surface area contributed by atoms with Gasteiger partial charge in [-0.1, -0.05) is 49.4 Å². The maximum Gasteiger partial charge on any atom is 0.264 e. The molecule has 0 bridgehead atoms. The Labute approximate surface area is 210 Å². The van der Waals surface area contributed by atoms with E-state index >= 15 is 0 Å². The molecule has 0 fully saturated rings. The van der Waals surface area contributed by atoms with Crippen molar-refractivity contribution in [2.24, 2.45) is 5.92 Å². The van der Waals surface area contributed by atoms with Crippen LogP contribution in [0, 0.1) is 5.92 Å². The Bertz CT molecular complexity index is 1260. The van der Waals surface area contributed by atoms with Crippen molar-refractivity contribution in [3.63, 3.8) is 0 Å². The maximum atomic E-state index is 13.6. The minimum Gasteiger partial charge on any atom is -0.497 e. The summed E-state index contributed by atoms with van der Waals surface area (Å²) in [4.78, 5) is 27.6. The van der Waals surface area contributed by atoms with Gasteiger partial charge in [-0.05, 0) is 54.4 Å². The molecule has 2 amide bonds. The first-order chi connectivity index (χ1) is 17.4. The average Bonchev–Trinajstić information content (AvgIpc) is 3.12. The molecule has 1 heterocycles. The molecule has 0 unspecified atom stereocenters. The lowest BCUT2D eigenvalue weighted by Crippen LogP contribution is -2.44. The van der Waals surface area contributed by atoms with Crippen LogP contribution in [-0.2, 0) is 16.9 Å². The van der Waals surface area contributed by atoms with Gasteiger partial charge in [0.05, 0.1) is 19.3 Å². The Morgan fingerprint density at radius 3 is 2.50 bits per heavy atom. The maximum absolute atomic E-state index is 13.6. The molecule has 36 heavy (non-hydrogen) atoms. The van der Waals surface area contributed by atoms with Gasteiger partial charge in [-0.3, -0.25) is 9.59 Å². The van der Waals surface area contributed by atoms with E-state index in [0.29, 0.717) is 34.7 Å². The van der Waals surface area contributed by atoms with Crippen LogP contribution in [0.1, 0.15) is 34.8 Å². The van der Waals surface area contributed by atoms with Gasteiger partial charge in [0.1, 0.15) is 5.75 Å². The lowest BCUT2D eigenvalue weighted by atomic mass is 9.83. The summed E-state index contributed by atoms with van der Waals surface area (Å²) in [5.41, 5.74) is 1.39. The number of hydrogen-bond donors (Lipinski definition) is 3. The fourth-order valence-corrected chi connectivity index (χ4v) is 4.39. The first kappa shape index (κ1) is 25.2. The van der Waals surface area contributed by atoms with Crippen molar-refractivity contribution in [2.45, 2.75) is 25.5 Å². The number of methoxy groups -OCH3 is 1. The number of benzene rings is 3. The van der Waals surface area contributed by atoms with E-state index in [1.165, 1.54) is 7.11 Å². The van der Waals surface area contributed by atoms with E-state index in [0.717, 1.165) is 5.56 Å². The Morgan fingerprint density at radius 2 is 1.83 bits per heavy atom. The highest BCUT2D eigenvalue weighted by atomic mass is 16.5. The molecule has 2 atom stereocenters. The second-order valence-electron chi connectivity index (χ2n) is 8.79. The fraction of sp³-hybridized carbons (Fsp3) is 0.241. The van der Waals surface area contributed by atoms with E-state index in [-0.39, 0.29) is 19.1 Å². The van der Waals surface area contributed by atoms with Crippen LogP contribution in [0.2, 0.25) is 0 Å². The van der Waals surface area contributed by atoms with E-state index in [2.05, 4.69) is 5.32 Å². The highest BCUT2D eigenvalue weighted by Gasteiger charge is 2.52. The second-order valence-corrected chi connectivity index (χ2v) is 8.79. The SMILES string of the molecule is COc1ccc2c(c1)[C@](O)([C@@H](C)/C=C/CCO)C(=O)N2Cc1ccc(NC(=O)c2ccccc2)cc1. The van der Waals surface area contributed by atoms with E-state index in [4.69, 9.17) is 9.84 Å². The largest absolute Gasteiger partial charge is 0.497 e. The number of hydrogen-bond acceptors (Lipinski definition) is 5. The first-order valence-corrected chi connectivity index (χ1v) is 11.8. The minimum absolute atomic E-state index is 0.00602. The molecule has 186 valence electrons. The molecule has 7 nitrogen and oxygen atoms in total. The fourth-order valence-electron chi connectivity index (χ4n) is 4.39. The lowest BCUT2D eigenvalue weighted by Gasteiger charge is -2.27. The van der Waals surface area contributed by atoms with Crippen LogP contribution in [0.4, 0.5) is 11.4 Å². The smallest absolute Gasteiger partial charge is 0.264 e. The molecule has 0 saturated heterocycles. The van der Waals surface area contributed by atoms with Crippen LogP contribution in [0.25, 0.3) is 0 Å². The van der Waals surface area contributed by atoms with Gasteiger partial charge in [0.25, 0.3) is 11.8 Å². The third-order valence-electron chi connectivity index (χ3n) is 6.44. The third-order valence-corrected chi connectivity index (χ3v) is 6.44. The van der Waals surface area contributed by atoms with Gasteiger partial charge in [0.15, 0.2) is 5.60 Å². The van der Waals surface area contributed by atoms with Crippen molar-refractivity contribution in [3.05, 3.63) is 102 Å². The van der Waals surface area contributed by atoms with Crippen molar-refractivity contribution in [2.75, 3.05) is 23.9 Å². The van der Waals surface area contributed by atoms with Crippen LogP contribution in [0.5, 0.6) is 5.75 Å². The Kier molecular flexibility index (Phi) is 7.52. The summed E-state index contributed by atoms with van der Waals surface area (Å²) in [5, 5.41) is 23.7. The Hall–Kier alpha value is -3.94. The third kappa shape index (κ3) is 4.89. The molecule has 3 aromatic rings. The highest BCUT2D eigenvalue weighted by molar-refractivity contribution is 6.07. The second kappa shape index (κ2) is 10.8. The van der Waals surface area contributed by atoms with E-state index in [9.17, 15) is 14.7 Å². The highest BCUT2D eigenvalue weighted by Crippen LogP contribution is 2.47. The van der Waals surface area contributed by atoms with Crippen molar-refractivity contribution >= 4 is 23.2 Å². The summed E-state index contributed by atoms with van der Waals surface area (Å²) < 4.78 is 5.35. The summed E-state index contributed by atoms with van der Waals surface area (Å²) in [5.74, 6) is -0.600. The molecule has 7 heteroatoms. The zero-order valence-corrected chi connectivity index (χ0v) is 20.3. The monoisotopic (exact) mass is 486 g/mol. The van der Waals surface area contributed by atoms with E-state index in [1.54, 1.807) is 66.4 Å². The molecule has 4 rings (SSSR count). The van der Waals surface area contributed by atoms with Crippen LogP contribution < -0.4 is 15.0 Å². The van der Waals surface area contributed by atoms with E-state index in [1.807, 2.05) is 30.3 Å². The number of aliphatic hydroxyl groups excluding tert-OH is 1. The van der Waals surface area contributed by atoms with Crippen molar-refractivity contribution < 1.29 is 24.5 Å². The predicted octanol–water partition coefficient (Wildman–Crippen LogP) is 4.26. The summed E-state index contributed by atoms with van der Waals surface area (Å²) in [7, 11) is 1.54. The van der Waals surface area contributed by atoms with Gasteiger partial charge in [-0.2, -0.15) is 0 Å². The van der Waals surface area contributed by atoms with Crippen molar-refractivity contribution in [1.82, 2.24) is 0 Å². The van der Waals surface area contributed by atoms with Gasteiger partial charge >= 0.3 is 0 Å². The molecular weight excluding hydrogens is 456 g/mol. The quantitative estimate of drug-likeness (QED) is 0.393. The number of aliphatic hydroxyl groups is 2. The number of nitrogens with one attached hydrogen (secondary N) is 1. The molecule has 0 aliphatic carbocycles. The summed E-state index contributed by atoms with van der Waals surface area (Å²) in [6.07, 6.45) is 3.96. The normalized spacial score (nSPS) is 17.8. The molecule has 3 aromatic carbocycles. The lowest BCUT2D eigenvalue weighted by molar-refractivity contribution is -0.139. The number of rotatable bonds is 9. The zero-order chi connectivity index (χ0) is 25.7. The van der Waals surface area contributed by atoms with Crippen LogP contribution in [-0.4, -0.2) is 35.7 Å². The minimum atomic E-state index is -1.76. The number of carbonyl (C=O) groups is 2. The van der Waals surface area contributed by atoms with Crippen LogP contribution >= 0.6 is 0 Å². The molecular formula is C29H30N2O5. The summed E-state index contributed by atoms with van der Waals surface area (Å²) >= 11 is 0. The summed E-state index contributed by atoms with van der Waals surface area (Å²) in [6, 6.07) is 21.5. The molecule has 3 N–H and O–H groups in total. The number of nitrogens with zero attached hydrogens (tertiary/aromatic N) is 1. The molecule has 0 aromatic heterocycles. The van der Waals surface area contributed by atoms with Gasteiger partial charge in [0, 0.05) is 29.3 Å². The Morgan fingerprint density at radius 1 is 1.11 bits per heavy atom.